The van der Waals surface area contributed by atoms with E-state index in [1.807, 2.05) is 24.4 Å². The maximum Gasteiger partial charge on any atom is 0.276 e. The van der Waals surface area contributed by atoms with Crippen LogP contribution in [-0.2, 0) is 0 Å². The smallest absolute Gasteiger partial charge is 0.276 e. The van der Waals surface area contributed by atoms with Gasteiger partial charge in [-0.05, 0) is 37.3 Å². The van der Waals surface area contributed by atoms with Crippen LogP contribution in [0.3, 0.4) is 0 Å². The maximum absolute atomic E-state index is 12.6. The van der Waals surface area contributed by atoms with Crippen LogP contribution in [0, 0.1) is 17.0 Å². The van der Waals surface area contributed by atoms with Crippen molar-refractivity contribution in [1.82, 2.24) is 15.2 Å². The van der Waals surface area contributed by atoms with Crippen LogP contribution in [0.25, 0.3) is 10.9 Å². The van der Waals surface area contributed by atoms with E-state index in [0.29, 0.717) is 16.6 Å². The molecule has 0 aliphatic carbocycles. The number of carbonyl (C=O) groups is 1. The molecule has 0 fully saturated rings. The van der Waals surface area contributed by atoms with Crippen LogP contribution in [0.5, 0.6) is 0 Å². The summed E-state index contributed by atoms with van der Waals surface area (Å²) in [4.78, 5) is 28.5. The zero-order valence-corrected chi connectivity index (χ0v) is 16.1. The number of aromatic nitrogens is 3. The first kappa shape index (κ1) is 18.1. The van der Waals surface area contributed by atoms with Gasteiger partial charge >= 0.3 is 0 Å². The molecular weight excluding hydrogens is 398 g/mol. The van der Waals surface area contributed by atoms with Crippen molar-refractivity contribution in [3.63, 3.8) is 0 Å². The second-order valence-corrected chi connectivity index (χ2v) is 8.07. The first-order valence-electron chi connectivity index (χ1n) is 8.13. The Morgan fingerprint density at radius 2 is 2.04 bits per heavy atom. The number of aryl methyl sites for hydroxylation is 1. The Morgan fingerprint density at radius 1 is 1.25 bits per heavy atom. The molecule has 0 saturated carbocycles. The number of nitro benzene ring substituents is 1. The Morgan fingerprint density at radius 3 is 2.71 bits per heavy atom. The van der Waals surface area contributed by atoms with Crippen LogP contribution in [0.15, 0.2) is 57.1 Å². The molecular formula is C18H13N5O3S2. The van der Waals surface area contributed by atoms with E-state index in [-0.39, 0.29) is 11.4 Å². The van der Waals surface area contributed by atoms with Crippen molar-refractivity contribution >= 4 is 51.3 Å². The molecule has 10 heteroatoms. The lowest BCUT2D eigenvalue weighted by Gasteiger charge is -2.05. The Bertz CT molecular complexity index is 1180. The van der Waals surface area contributed by atoms with E-state index >= 15 is 0 Å². The van der Waals surface area contributed by atoms with Gasteiger partial charge in [0.2, 0.25) is 0 Å². The van der Waals surface area contributed by atoms with Crippen molar-refractivity contribution in [3.8, 4) is 0 Å². The molecule has 2 heterocycles. The van der Waals surface area contributed by atoms with Crippen molar-refractivity contribution in [3.05, 3.63) is 69.3 Å². The summed E-state index contributed by atoms with van der Waals surface area (Å²) in [6, 6.07) is 11.6. The highest BCUT2D eigenvalue weighted by Gasteiger charge is 2.17. The number of thiazole rings is 1. The maximum atomic E-state index is 12.6. The number of rotatable bonds is 5. The van der Waals surface area contributed by atoms with Gasteiger partial charge in [-0.2, -0.15) is 5.10 Å². The number of non-ortho nitro benzene ring substituents is 1. The van der Waals surface area contributed by atoms with Crippen LogP contribution in [0.4, 0.5) is 11.4 Å². The van der Waals surface area contributed by atoms with Gasteiger partial charge in [-0.1, -0.05) is 11.8 Å². The molecule has 28 heavy (non-hydrogen) atoms. The molecule has 8 nitrogen and oxygen atoms in total. The largest absolute Gasteiger partial charge is 0.321 e. The Kier molecular flexibility index (Phi) is 4.80. The summed E-state index contributed by atoms with van der Waals surface area (Å²) in [6.45, 7) is 1.95. The monoisotopic (exact) mass is 411 g/mol. The van der Waals surface area contributed by atoms with Gasteiger partial charge in [0.1, 0.15) is 0 Å². The molecule has 0 bridgehead atoms. The average Bonchev–Trinajstić information content (AvgIpc) is 3.28. The molecule has 0 spiro atoms. The van der Waals surface area contributed by atoms with Gasteiger partial charge in [0.25, 0.3) is 11.6 Å². The fourth-order valence-electron chi connectivity index (χ4n) is 2.57. The van der Waals surface area contributed by atoms with Gasteiger partial charge in [-0.3, -0.25) is 20.0 Å². The fourth-order valence-corrected chi connectivity index (χ4v) is 4.38. The highest BCUT2D eigenvalue weighted by molar-refractivity contribution is 8.01. The number of H-pyrrole nitrogens is 1. The summed E-state index contributed by atoms with van der Waals surface area (Å²) in [5.74, 6) is -0.442. The third kappa shape index (κ3) is 3.73. The van der Waals surface area contributed by atoms with E-state index in [1.165, 1.54) is 18.2 Å². The quantitative estimate of drug-likeness (QED) is 0.365. The molecule has 2 aromatic carbocycles. The first-order valence-corrected chi connectivity index (χ1v) is 9.83. The lowest BCUT2D eigenvalue weighted by atomic mass is 10.2. The summed E-state index contributed by atoms with van der Waals surface area (Å²) in [7, 11) is 0. The van der Waals surface area contributed by atoms with Gasteiger partial charge in [0, 0.05) is 39.2 Å². The zero-order valence-electron chi connectivity index (χ0n) is 14.5. The molecule has 4 rings (SSSR count). The van der Waals surface area contributed by atoms with E-state index in [4.69, 9.17) is 0 Å². The van der Waals surface area contributed by atoms with Crippen molar-refractivity contribution in [1.29, 1.82) is 0 Å². The van der Waals surface area contributed by atoms with Gasteiger partial charge < -0.3 is 5.32 Å². The number of fused-ring (bicyclic) bond motifs is 1. The highest BCUT2D eigenvalue weighted by Crippen LogP contribution is 2.31. The van der Waals surface area contributed by atoms with E-state index in [2.05, 4.69) is 20.5 Å². The van der Waals surface area contributed by atoms with E-state index in [9.17, 15) is 14.9 Å². The SMILES string of the molecule is Cc1csc(Sc2ccc(NC(=O)c3n[nH]c4ccc([N+](=O)[O-])cc34)cc2)n1. The molecule has 0 unspecified atom stereocenters. The van der Waals surface area contributed by atoms with E-state index < -0.39 is 10.8 Å². The molecule has 0 radical (unpaired) electrons. The summed E-state index contributed by atoms with van der Waals surface area (Å²) in [5, 5.41) is 22.8. The predicted molar refractivity (Wildman–Crippen MR) is 108 cm³/mol. The van der Waals surface area contributed by atoms with Crippen molar-refractivity contribution < 1.29 is 9.72 Å². The van der Waals surface area contributed by atoms with Gasteiger partial charge in [0.15, 0.2) is 10.0 Å². The van der Waals surface area contributed by atoms with Crippen molar-refractivity contribution in [2.75, 3.05) is 5.32 Å². The topological polar surface area (TPSA) is 114 Å². The summed E-state index contributed by atoms with van der Waals surface area (Å²) in [6.07, 6.45) is 0. The number of nitrogens with zero attached hydrogens (tertiary/aromatic N) is 3. The molecule has 0 aliphatic rings. The van der Waals surface area contributed by atoms with Crippen molar-refractivity contribution in [2.24, 2.45) is 0 Å². The number of nitrogens with one attached hydrogen (secondary N) is 2. The van der Waals surface area contributed by atoms with Crippen LogP contribution < -0.4 is 5.32 Å². The van der Waals surface area contributed by atoms with Gasteiger partial charge in [0.05, 0.1) is 10.4 Å². The minimum Gasteiger partial charge on any atom is -0.321 e. The lowest BCUT2D eigenvalue weighted by molar-refractivity contribution is -0.384. The summed E-state index contributed by atoms with van der Waals surface area (Å²) < 4.78 is 0.957. The molecule has 140 valence electrons. The van der Waals surface area contributed by atoms with E-state index in [0.717, 1.165) is 14.9 Å². The molecule has 4 aromatic rings. The normalized spacial score (nSPS) is 10.9. The molecule has 1 amide bonds. The molecule has 2 N–H and O–H groups in total. The Hall–Kier alpha value is -3.24. The zero-order chi connectivity index (χ0) is 19.7. The fraction of sp³-hybridized carbons (Fsp3) is 0.0556. The first-order chi connectivity index (χ1) is 13.5. The van der Waals surface area contributed by atoms with E-state index in [1.54, 1.807) is 35.2 Å². The van der Waals surface area contributed by atoms with Crippen LogP contribution in [0.2, 0.25) is 0 Å². The summed E-state index contributed by atoms with van der Waals surface area (Å²) in [5.41, 5.74) is 2.16. The van der Waals surface area contributed by atoms with Crippen LogP contribution in [0.1, 0.15) is 16.2 Å². The number of anilines is 1. The lowest BCUT2D eigenvalue weighted by Crippen LogP contribution is -2.12. The summed E-state index contributed by atoms with van der Waals surface area (Å²) >= 11 is 3.14. The third-order valence-electron chi connectivity index (χ3n) is 3.89. The average molecular weight is 411 g/mol. The second-order valence-electron chi connectivity index (χ2n) is 5.89. The molecule has 0 atom stereocenters. The second kappa shape index (κ2) is 7.41. The number of hydrogen-bond acceptors (Lipinski definition) is 7. The number of nitro groups is 1. The van der Waals surface area contributed by atoms with Gasteiger partial charge in [-0.25, -0.2) is 4.98 Å². The Balaban J connectivity index is 1.51. The van der Waals surface area contributed by atoms with Crippen LogP contribution >= 0.6 is 23.1 Å². The predicted octanol–water partition coefficient (Wildman–Crippen LogP) is 4.64. The number of benzene rings is 2. The number of aromatic amines is 1. The van der Waals surface area contributed by atoms with Gasteiger partial charge in [-0.15, -0.1) is 11.3 Å². The minimum absolute atomic E-state index is 0.0956. The minimum atomic E-state index is -0.505. The third-order valence-corrected chi connectivity index (χ3v) is 5.95. The number of carbonyl (C=O) groups excluding carboxylic acids is 1. The van der Waals surface area contributed by atoms with Crippen LogP contribution in [-0.4, -0.2) is 26.0 Å². The number of amides is 1. The Labute approximate surface area is 167 Å². The molecule has 0 aliphatic heterocycles. The van der Waals surface area contributed by atoms with Crippen molar-refractivity contribution in [2.45, 2.75) is 16.2 Å². The number of hydrogen-bond donors (Lipinski definition) is 2. The molecule has 0 saturated heterocycles. The molecule has 2 aromatic heterocycles. The standard InChI is InChI=1S/C18H13N5O3S2/c1-10-9-27-18(19-10)28-13-5-2-11(3-6-13)20-17(24)16-14-8-12(23(25)26)4-7-15(14)21-22-16/h2-9H,1H3,(H,20,24)(H,21,22). The highest BCUT2D eigenvalue weighted by atomic mass is 32.2.